The molecular weight excluding hydrogens is 452 g/mol. The van der Waals surface area contributed by atoms with Gasteiger partial charge >= 0.3 is 5.97 Å². The highest BCUT2D eigenvalue weighted by Crippen LogP contribution is 2.29. The number of carbonyl (C=O) groups is 2. The number of carbonyl (C=O) groups excluding carboxylic acids is 2. The van der Waals surface area contributed by atoms with E-state index in [1.54, 1.807) is 55.5 Å². The molecular formula is C26H24N2O5S. The lowest BCUT2D eigenvalue weighted by Crippen LogP contribution is -2.38. The zero-order chi connectivity index (χ0) is 24.5. The van der Waals surface area contributed by atoms with Crippen LogP contribution in [0.4, 0.5) is 5.69 Å². The van der Waals surface area contributed by atoms with Crippen LogP contribution >= 0.6 is 0 Å². The molecule has 1 heterocycles. The van der Waals surface area contributed by atoms with E-state index in [0.717, 1.165) is 9.87 Å². The second-order valence-electron chi connectivity index (χ2n) is 7.93. The molecule has 0 aliphatic heterocycles. The molecule has 0 aliphatic carbocycles. The standard InChI is InChI=1S/C26H24N2O5S/c1-18-13-14-19(2)24(15-18)28(34(31,32)20-9-5-4-6-10-20)17-25(29)27-16-22(26(30)33-3)21-11-7-8-12-23(21)27/h4-16H,17H2,1-3H3. The Morgan fingerprint density at radius 1 is 0.941 bits per heavy atom. The number of esters is 1. The number of aryl methyl sites for hydroxylation is 2. The summed E-state index contributed by atoms with van der Waals surface area (Å²) in [6, 6.07) is 20.4. The van der Waals surface area contributed by atoms with Crippen molar-refractivity contribution in [1.82, 2.24) is 4.57 Å². The third kappa shape index (κ3) is 4.20. The van der Waals surface area contributed by atoms with Gasteiger partial charge in [0.25, 0.3) is 15.9 Å². The van der Waals surface area contributed by atoms with E-state index in [1.165, 1.54) is 30.0 Å². The highest BCUT2D eigenvalue weighted by molar-refractivity contribution is 7.92. The number of methoxy groups -OCH3 is 1. The molecule has 174 valence electrons. The van der Waals surface area contributed by atoms with E-state index in [1.807, 2.05) is 19.1 Å². The number of hydrogen-bond donors (Lipinski definition) is 0. The van der Waals surface area contributed by atoms with Crippen LogP contribution in [-0.2, 0) is 14.8 Å². The topological polar surface area (TPSA) is 85.7 Å². The van der Waals surface area contributed by atoms with Gasteiger partial charge in [0.2, 0.25) is 0 Å². The second-order valence-corrected chi connectivity index (χ2v) is 9.79. The normalized spacial score (nSPS) is 11.4. The monoisotopic (exact) mass is 476 g/mol. The van der Waals surface area contributed by atoms with Crippen molar-refractivity contribution in [2.45, 2.75) is 18.7 Å². The Labute approximate surface area is 198 Å². The van der Waals surface area contributed by atoms with Crippen LogP contribution in [0, 0.1) is 13.8 Å². The molecule has 0 amide bonds. The van der Waals surface area contributed by atoms with Gasteiger partial charge in [-0.2, -0.15) is 0 Å². The molecule has 0 aliphatic rings. The Bertz CT molecular complexity index is 1490. The maximum absolute atomic E-state index is 13.7. The van der Waals surface area contributed by atoms with E-state index in [2.05, 4.69) is 0 Å². The average Bonchev–Trinajstić information content (AvgIpc) is 3.24. The third-order valence-corrected chi connectivity index (χ3v) is 7.40. The van der Waals surface area contributed by atoms with Crippen molar-refractivity contribution in [3.05, 3.63) is 95.7 Å². The van der Waals surface area contributed by atoms with Gasteiger partial charge in [0.05, 0.1) is 28.8 Å². The first kappa shape index (κ1) is 23.3. The molecule has 8 heteroatoms. The molecule has 3 aromatic carbocycles. The van der Waals surface area contributed by atoms with Crippen LogP contribution in [0.2, 0.25) is 0 Å². The van der Waals surface area contributed by atoms with E-state index < -0.39 is 28.4 Å². The SMILES string of the molecule is COC(=O)c1cn(C(=O)CN(c2cc(C)ccc2C)S(=O)(=O)c2ccccc2)c2ccccc12. The Morgan fingerprint density at radius 2 is 1.62 bits per heavy atom. The molecule has 0 saturated heterocycles. The van der Waals surface area contributed by atoms with Crippen molar-refractivity contribution < 1.29 is 22.7 Å². The zero-order valence-corrected chi connectivity index (χ0v) is 19.9. The number of para-hydroxylation sites is 1. The van der Waals surface area contributed by atoms with Gasteiger partial charge in [-0.15, -0.1) is 0 Å². The van der Waals surface area contributed by atoms with E-state index in [9.17, 15) is 18.0 Å². The Morgan fingerprint density at radius 3 is 2.32 bits per heavy atom. The Balaban J connectivity index is 1.84. The third-order valence-electron chi connectivity index (χ3n) is 5.63. The van der Waals surface area contributed by atoms with Gasteiger partial charge in [-0.05, 0) is 49.2 Å². The molecule has 7 nitrogen and oxygen atoms in total. The molecule has 0 atom stereocenters. The summed E-state index contributed by atoms with van der Waals surface area (Å²) in [5.41, 5.74) is 2.72. The lowest BCUT2D eigenvalue weighted by atomic mass is 10.1. The Hall–Kier alpha value is -3.91. The van der Waals surface area contributed by atoms with Crippen molar-refractivity contribution in [2.24, 2.45) is 0 Å². The van der Waals surface area contributed by atoms with Crippen LogP contribution in [0.15, 0.2) is 83.9 Å². The van der Waals surface area contributed by atoms with Crippen LogP contribution in [0.3, 0.4) is 0 Å². The maximum atomic E-state index is 13.7. The second kappa shape index (κ2) is 9.15. The highest BCUT2D eigenvalue weighted by Gasteiger charge is 2.30. The van der Waals surface area contributed by atoms with Crippen molar-refractivity contribution in [1.29, 1.82) is 0 Å². The molecule has 1 aromatic heterocycles. The fourth-order valence-electron chi connectivity index (χ4n) is 3.87. The number of sulfonamides is 1. The van der Waals surface area contributed by atoms with Crippen LogP contribution in [0.5, 0.6) is 0 Å². The molecule has 0 bridgehead atoms. The van der Waals surface area contributed by atoms with Gasteiger partial charge in [-0.1, -0.05) is 48.5 Å². The molecule has 4 rings (SSSR count). The minimum atomic E-state index is -4.06. The average molecular weight is 477 g/mol. The minimum Gasteiger partial charge on any atom is -0.465 e. The molecule has 34 heavy (non-hydrogen) atoms. The van der Waals surface area contributed by atoms with Gasteiger partial charge in [0.1, 0.15) is 6.54 Å². The quantitative estimate of drug-likeness (QED) is 0.380. The van der Waals surface area contributed by atoms with Crippen LogP contribution in [-0.4, -0.2) is 38.5 Å². The van der Waals surface area contributed by atoms with E-state index in [4.69, 9.17) is 4.74 Å². The number of rotatable bonds is 6. The summed E-state index contributed by atoms with van der Waals surface area (Å²) < 4.78 is 34.6. The predicted octanol–water partition coefficient (Wildman–Crippen LogP) is 4.58. The van der Waals surface area contributed by atoms with Crippen LogP contribution < -0.4 is 4.31 Å². The molecule has 0 radical (unpaired) electrons. The Kier molecular flexibility index (Phi) is 6.26. The molecule has 0 fully saturated rings. The van der Waals surface area contributed by atoms with Gasteiger partial charge < -0.3 is 4.74 Å². The van der Waals surface area contributed by atoms with Crippen LogP contribution in [0.25, 0.3) is 10.9 Å². The number of benzene rings is 3. The summed E-state index contributed by atoms with van der Waals surface area (Å²) in [6.07, 6.45) is 1.40. The van der Waals surface area contributed by atoms with Crippen molar-refractivity contribution in [2.75, 3.05) is 18.0 Å². The number of ether oxygens (including phenoxy) is 1. The smallest absolute Gasteiger partial charge is 0.340 e. The zero-order valence-electron chi connectivity index (χ0n) is 19.1. The largest absolute Gasteiger partial charge is 0.465 e. The molecule has 0 spiro atoms. The molecule has 0 N–H and O–H groups in total. The van der Waals surface area contributed by atoms with E-state index >= 15 is 0 Å². The highest BCUT2D eigenvalue weighted by atomic mass is 32.2. The summed E-state index contributed by atoms with van der Waals surface area (Å²) in [5, 5.41) is 0.548. The first-order valence-corrected chi connectivity index (χ1v) is 12.0. The number of aromatic nitrogens is 1. The summed E-state index contributed by atoms with van der Waals surface area (Å²) in [7, 11) is -2.79. The summed E-state index contributed by atoms with van der Waals surface area (Å²) in [5.74, 6) is -1.09. The first-order chi connectivity index (χ1) is 16.2. The number of hydrogen-bond acceptors (Lipinski definition) is 5. The maximum Gasteiger partial charge on any atom is 0.340 e. The van der Waals surface area contributed by atoms with Gasteiger partial charge in [-0.25, -0.2) is 13.2 Å². The summed E-state index contributed by atoms with van der Waals surface area (Å²) in [4.78, 5) is 25.9. The van der Waals surface area contributed by atoms with E-state index in [-0.39, 0.29) is 10.5 Å². The minimum absolute atomic E-state index is 0.0799. The lowest BCUT2D eigenvalue weighted by Gasteiger charge is -2.26. The van der Waals surface area contributed by atoms with Gasteiger partial charge in [0, 0.05) is 11.6 Å². The predicted molar refractivity (Wildman–Crippen MR) is 131 cm³/mol. The number of nitrogens with zero attached hydrogens (tertiary/aromatic N) is 2. The van der Waals surface area contributed by atoms with Crippen molar-refractivity contribution in [3.63, 3.8) is 0 Å². The molecule has 4 aromatic rings. The van der Waals surface area contributed by atoms with Gasteiger partial charge in [-0.3, -0.25) is 13.7 Å². The fourth-order valence-corrected chi connectivity index (χ4v) is 5.36. The lowest BCUT2D eigenvalue weighted by molar-refractivity contribution is 0.0603. The molecule has 0 unspecified atom stereocenters. The van der Waals surface area contributed by atoms with Crippen LogP contribution in [0.1, 0.15) is 26.3 Å². The summed E-state index contributed by atoms with van der Waals surface area (Å²) >= 11 is 0. The first-order valence-electron chi connectivity index (χ1n) is 10.6. The fraction of sp³-hybridized carbons (Fsp3) is 0.154. The van der Waals surface area contributed by atoms with E-state index in [0.29, 0.717) is 22.2 Å². The van der Waals surface area contributed by atoms with Crippen molar-refractivity contribution >= 4 is 38.5 Å². The number of anilines is 1. The van der Waals surface area contributed by atoms with Gasteiger partial charge in [0.15, 0.2) is 0 Å². The van der Waals surface area contributed by atoms with Crippen molar-refractivity contribution in [3.8, 4) is 0 Å². The molecule has 0 saturated carbocycles. The summed E-state index contributed by atoms with van der Waals surface area (Å²) in [6.45, 7) is 3.20. The number of fused-ring (bicyclic) bond motifs is 1.